The Morgan fingerprint density at radius 3 is 2.65 bits per heavy atom. The highest BCUT2D eigenvalue weighted by Crippen LogP contribution is 2.11. The van der Waals surface area contributed by atoms with Gasteiger partial charge in [-0.2, -0.15) is 0 Å². The summed E-state index contributed by atoms with van der Waals surface area (Å²) in [6.45, 7) is 0. The molecule has 5 nitrogen and oxygen atoms in total. The molecule has 1 heterocycles. The molecule has 2 aromatic rings. The fraction of sp³-hybridized carbons (Fsp3) is 0. The second kappa shape index (κ2) is 4.86. The Morgan fingerprint density at radius 1 is 1.18 bits per heavy atom. The summed E-state index contributed by atoms with van der Waals surface area (Å²) < 4.78 is 0. The second-order valence-electron chi connectivity index (χ2n) is 3.13. The first kappa shape index (κ1) is 10.8. The number of nitrogens with zero attached hydrogens (tertiary/aromatic N) is 3. The zero-order valence-corrected chi connectivity index (χ0v) is 8.70. The molecule has 1 aromatic carbocycles. The molecule has 0 fully saturated rings. The Hall–Kier alpha value is -2.74. The van der Waals surface area contributed by atoms with Crippen molar-refractivity contribution in [2.24, 2.45) is 0 Å². The minimum atomic E-state index is -0.547. The van der Waals surface area contributed by atoms with Gasteiger partial charge in [0.05, 0.1) is 4.92 Å². The first-order valence-corrected chi connectivity index (χ1v) is 4.79. The van der Waals surface area contributed by atoms with Gasteiger partial charge in [-0.25, -0.2) is 9.97 Å². The molecule has 82 valence electrons. The SMILES string of the molecule is O=[N+]([O-])c1cncnc1C#Cc1ccccc1. The van der Waals surface area contributed by atoms with Gasteiger partial charge in [0.15, 0.2) is 5.69 Å². The van der Waals surface area contributed by atoms with Gasteiger partial charge in [-0.1, -0.05) is 24.1 Å². The normalized spacial score (nSPS) is 9.18. The van der Waals surface area contributed by atoms with E-state index in [-0.39, 0.29) is 11.4 Å². The van der Waals surface area contributed by atoms with E-state index >= 15 is 0 Å². The van der Waals surface area contributed by atoms with Gasteiger partial charge in [-0.05, 0) is 18.1 Å². The van der Waals surface area contributed by atoms with Crippen LogP contribution in [-0.2, 0) is 0 Å². The van der Waals surface area contributed by atoms with Crippen LogP contribution in [0, 0.1) is 22.0 Å². The number of aromatic nitrogens is 2. The van der Waals surface area contributed by atoms with Crippen LogP contribution in [0.4, 0.5) is 5.69 Å². The third-order valence-electron chi connectivity index (χ3n) is 1.99. The van der Waals surface area contributed by atoms with Gasteiger partial charge >= 0.3 is 5.69 Å². The monoisotopic (exact) mass is 225 g/mol. The van der Waals surface area contributed by atoms with Crippen molar-refractivity contribution in [3.8, 4) is 11.8 Å². The molecule has 17 heavy (non-hydrogen) atoms. The van der Waals surface area contributed by atoms with E-state index < -0.39 is 4.92 Å². The van der Waals surface area contributed by atoms with Gasteiger partial charge in [0.25, 0.3) is 0 Å². The molecule has 2 rings (SSSR count). The van der Waals surface area contributed by atoms with Gasteiger partial charge in [0.1, 0.15) is 12.5 Å². The van der Waals surface area contributed by atoms with Gasteiger partial charge in [-0.15, -0.1) is 0 Å². The van der Waals surface area contributed by atoms with Crippen molar-refractivity contribution in [2.45, 2.75) is 0 Å². The van der Waals surface area contributed by atoms with Crippen molar-refractivity contribution in [1.82, 2.24) is 9.97 Å². The van der Waals surface area contributed by atoms with Crippen LogP contribution in [0.15, 0.2) is 42.9 Å². The van der Waals surface area contributed by atoms with Gasteiger partial charge in [0.2, 0.25) is 0 Å². The van der Waals surface area contributed by atoms with Crippen LogP contribution in [0.25, 0.3) is 0 Å². The van der Waals surface area contributed by atoms with Gasteiger partial charge in [0, 0.05) is 5.56 Å². The van der Waals surface area contributed by atoms with E-state index in [9.17, 15) is 10.1 Å². The molecule has 0 saturated carbocycles. The van der Waals surface area contributed by atoms with E-state index in [0.717, 1.165) is 11.8 Å². The number of benzene rings is 1. The first-order chi connectivity index (χ1) is 8.27. The fourth-order valence-electron chi connectivity index (χ4n) is 1.21. The lowest BCUT2D eigenvalue weighted by Crippen LogP contribution is -1.95. The quantitative estimate of drug-likeness (QED) is 0.421. The van der Waals surface area contributed by atoms with Crippen molar-refractivity contribution < 1.29 is 4.92 Å². The van der Waals surface area contributed by atoms with Crippen molar-refractivity contribution in [1.29, 1.82) is 0 Å². The molecule has 0 radical (unpaired) electrons. The lowest BCUT2D eigenvalue weighted by molar-refractivity contribution is -0.385. The Morgan fingerprint density at radius 2 is 1.94 bits per heavy atom. The first-order valence-electron chi connectivity index (χ1n) is 4.79. The molecular formula is C12H7N3O2. The third kappa shape index (κ3) is 2.63. The molecule has 0 bridgehead atoms. The Bertz CT molecular complexity index is 600. The molecule has 0 aliphatic carbocycles. The Labute approximate surface area is 97.3 Å². The van der Waals surface area contributed by atoms with Crippen LogP contribution < -0.4 is 0 Å². The number of nitro groups is 1. The van der Waals surface area contributed by atoms with E-state index in [4.69, 9.17) is 0 Å². The molecule has 0 aliphatic rings. The maximum atomic E-state index is 10.7. The van der Waals surface area contributed by atoms with Crippen LogP contribution in [0.2, 0.25) is 0 Å². The lowest BCUT2D eigenvalue weighted by atomic mass is 10.2. The van der Waals surface area contributed by atoms with Crippen LogP contribution in [0.1, 0.15) is 11.3 Å². The summed E-state index contributed by atoms with van der Waals surface area (Å²) in [5.41, 5.74) is 0.713. The number of hydrogen-bond acceptors (Lipinski definition) is 4. The zero-order chi connectivity index (χ0) is 12.1. The number of hydrogen-bond donors (Lipinski definition) is 0. The van der Waals surface area contributed by atoms with Gasteiger partial charge < -0.3 is 0 Å². The summed E-state index contributed by atoms with van der Waals surface area (Å²) >= 11 is 0. The average Bonchev–Trinajstić information content (AvgIpc) is 2.38. The average molecular weight is 225 g/mol. The summed E-state index contributed by atoms with van der Waals surface area (Å²) in [4.78, 5) is 17.5. The van der Waals surface area contributed by atoms with Crippen LogP contribution >= 0.6 is 0 Å². The summed E-state index contributed by atoms with van der Waals surface area (Å²) in [5.74, 6) is 5.48. The van der Waals surface area contributed by atoms with Crippen molar-refractivity contribution in [3.05, 3.63) is 64.2 Å². The maximum Gasteiger partial charge on any atom is 0.321 e. The van der Waals surface area contributed by atoms with E-state index in [1.165, 1.54) is 6.33 Å². The Kier molecular flexibility index (Phi) is 3.08. The minimum absolute atomic E-state index is 0.119. The summed E-state index contributed by atoms with van der Waals surface area (Å²) in [7, 11) is 0. The Balaban J connectivity index is 2.38. The minimum Gasteiger partial charge on any atom is -0.258 e. The highest BCUT2D eigenvalue weighted by molar-refractivity contribution is 5.47. The highest BCUT2D eigenvalue weighted by atomic mass is 16.6. The van der Waals surface area contributed by atoms with Crippen molar-refractivity contribution >= 4 is 5.69 Å². The molecule has 0 N–H and O–H groups in total. The lowest BCUT2D eigenvalue weighted by Gasteiger charge is -1.92. The summed E-state index contributed by atoms with van der Waals surface area (Å²) in [6.07, 6.45) is 2.38. The van der Waals surface area contributed by atoms with E-state index in [1.807, 2.05) is 30.3 Å². The van der Waals surface area contributed by atoms with E-state index in [2.05, 4.69) is 21.8 Å². The maximum absolute atomic E-state index is 10.7. The van der Waals surface area contributed by atoms with E-state index in [0.29, 0.717) is 0 Å². The van der Waals surface area contributed by atoms with Crippen molar-refractivity contribution in [3.63, 3.8) is 0 Å². The predicted molar refractivity (Wildman–Crippen MR) is 61.1 cm³/mol. The van der Waals surface area contributed by atoms with Crippen LogP contribution in [0.5, 0.6) is 0 Å². The fourth-order valence-corrected chi connectivity index (χ4v) is 1.21. The van der Waals surface area contributed by atoms with Crippen LogP contribution in [-0.4, -0.2) is 14.9 Å². The van der Waals surface area contributed by atoms with Crippen LogP contribution in [0.3, 0.4) is 0 Å². The molecule has 1 aromatic heterocycles. The molecule has 0 atom stereocenters. The highest BCUT2D eigenvalue weighted by Gasteiger charge is 2.12. The summed E-state index contributed by atoms with van der Waals surface area (Å²) in [5, 5.41) is 10.7. The smallest absolute Gasteiger partial charge is 0.258 e. The van der Waals surface area contributed by atoms with Gasteiger partial charge in [-0.3, -0.25) is 10.1 Å². The zero-order valence-electron chi connectivity index (χ0n) is 8.70. The third-order valence-corrected chi connectivity index (χ3v) is 1.99. The summed E-state index contributed by atoms with van der Waals surface area (Å²) in [6, 6.07) is 9.20. The molecule has 0 spiro atoms. The molecule has 0 aliphatic heterocycles. The largest absolute Gasteiger partial charge is 0.321 e. The standard InChI is InChI=1S/C12H7N3O2/c16-15(17)12-8-13-9-14-11(12)7-6-10-4-2-1-3-5-10/h1-5,8-9H. The molecule has 0 saturated heterocycles. The predicted octanol–water partition coefficient (Wildman–Crippen LogP) is 1.78. The topological polar surface area (TPSA) is 68.9 Å². The van der Waals surface area contributed by atoms with E-state index in [1.54, 1.807) is 0 Å². The number of rotatable bonds is 1. The molecule has 0 unspecified atom stereocenters. The molecular weight excluding hydrogens is 218 g/mol. The molecule has 0 amide bonds. The second-order valence-corrected chi connectivity index (χ2v) is 3.13. The molecule has 5 heteroatoms. The van der Waals surface area contributed by atoms with Crippen molar-refractivity contribution in [2.75, 3.05) is 0 Å².